The van der Waals surface area contributed by atoms with Crippen LogP contribution in [0.25, 0.3) is 0 Å². The molecule has 2 aliphatic rings. The lowest BCUT2D eigenvalue weighted by molar-refractivity contribution is -0.314. The van der Waals surface area contributed by atoms with Crippen LogP contribution in [0.4, 0.5) is 5.13 Å². The van der Waals surface area contributed by atoms with Gasteiger partial charge in [0, 0.05) is 29.4 Å². The monoisotopic (exact) mass is 265 g/mol. The molecule has 6 heteroatoms. The standard InChI is InChI=1S/C12H14N2O3S/c15-10(14-12-13-3-4-18-12)8-6-1-2-7(5-6)9(8)11(16)17/h3-4,6-9H,1-2,5H2,(H,16,17)(H,13,14,15)/p-1/t6-,7+,8+,9+/m1/s1. The highest BCUT2D eigenvalue weighted by molar-refractivity contribution is 7.13. The lowest BCUT2D eigenvalue weighted by Gasteiger charge is -2.30. The molecule has 2 fully saturated rings. The van der Waals surface area contributed by atoms with Crippen molar-refractivity contribution >= 4 is 28.3 Å². The summed E-state index contributed by atoms with van der Waals surface area (Å²) in [4.78, 5) is 27.4. The highest BCUT2D eigenvalue weighted by Crippen LogP contribution is 2.52. The molecule has 1 N–H and O–H groups in total. The molecule has 18 heavy (non-hydrogen) atoms. The van der Waals surface area contributed by atoms with E-state index < -0.39 is 17.8 Å². The molecule has 0 saturated heterocycles. The fraction of sp³-hybridized carbons (Fsp3) is 0.583. The van der Waals surface area contributed by atoms with Crippen molar-refractivity contribution in [1.29, 1.82) is 0 Å². The molecule has 1 aromatic heterocycles. The fourth-order valence-electron chi connectivity index (χ4n) is 3.48. The Morgan fingerprint density at radius 1 is 1.33 bits per heavy atom. The van der Waals surface area contributed by atoms with Crippen molar-refractivity contribution in [2.45, 2.75) is 19.3 Å². The van der Waals surface area contributed by atoms with E-state index in [0.717, 1.165) is 19.3 Å². The number of fused-ring (bicyclic) bond motifs is 2. The third-order valence-electron chi connectivity index (χ3n) is 4.15. The van der Waals surface area contributed by atoms with Crippen LogP contribution < -0.4 is 10.4 Å². The highest BCUT2D eigenvalue weighted by Gasteiger charge is 2.51. The van der Waals surface area contributed by atoms with E-state index in [2.05, 4.69) is 10.3 Å². The van der Waals surface area contributed by atoms with Gasteiger partial charge in [0.25, 0.3) is 0 Å². The number of hydrogen-bond donors (Lipinski definition) is 1. The molecule has 5 nitrogen and oxygen atoms in total. The van der Waals surface area contributed by atoms with Crippen molar-refractivity contribution in [3.63, 3.8) is 0 Å². The third kappa shape index (κ3) is 1.80. The van der Waals surface area contributed by atoms with Gasteiger partial charge in [-0.15, -0.1) is 11.3 Å². The number of carbonyl (C=O) groups is 2. The lowest BCUT2D eigenvalue weighted by Crippen LogP contribution is -2.43. The summed E-state index contributed by atoms with van der Waals surface area (Å²) in [5, 5.41) is 16.2. The van der Waals surface area contributed by atoms with Crippen LogP contribution in [0.3, 0.4) is 0 Å². The zero-order valence-electron chi connectivity index (χ0n) is 9.67. The number of rotatable bonds is 3. The van der Waals surface area contributed by atoms with Crippen molar-refractivity contribution in [1.82, 2.24) is 4.98 Å². The van der Waals surface area contributed by atoms with Gasteiger partial charge in [0.1, 0.15) is 0 Å². The molecule has 0 unspecified atom stereocenters. The molecule has 1 aromatic rings. The maximum atomic E-state index is 12.2. The van der Waals surface area contributed by atoms with Gasteiger partial charge in [0.15, 0.2) is 5.13 Å². The molecular formula is C12H13N2O3S-. The van der Waals surface area contributed by atoms with Crippen LogP contribution >= 0.6 is 11.3 Å². The van der Waals surface area contributed by atoms with Gasteiger partial charge in [0.05, 0.1) is 0 Å². The number of nitrogens with zero attached hydrogens (tertiary/aromatic N) is 1. The predicted molar refractivity (Wildman–Crippen MR) is 63.6 cm³/mol. The van der Waals surface area contributed by atoms with E-state index in [0.29, 0.717) is 5.13 Å². The smallest absolute Gasteiger partial charge is 0.230 e. The summed E-state index contributed by atoms with van der Waals surface area (Å²) in [5.74, 6) is -2.06. The van der Waals surface area contributed by atoms with Crippen molar-refractivity contribution in [3.05, 3.63) is 11.6 Å². The summed E-state index contributed by atoms with van der Waals surface area (Å²) in [6, 6.07) is 0. The third-order valence-corrected chi connectivity index (χ3v) is 4.84. The summed E-state index contributed by atoms with van der Waals surface area (Å²) in [6.07, 6.45) is 4.31. The van der Waals surface area contributed by atoms with E-state index >= 15 is 0 Å². The summed E-state index contributed by atoms with van der Waals surface area (Å²) in [6.45, 7) is 0. The van der Waals surface area contributed by atoms with Crippen molar-refractivity contribution in [3.8, 4) is 0 Å². The Balaban J connectivity index is 1.78. The lowest BCUT2D eigenvalue weighted by atomic mass is 9.79. The largest absolute Gasteiger partial charge is 0.550 e. The number of aromatic nitrogens is 1. The van der Waals surface area contributed by atoms with E-state index in [-0.39, 0.29) is 17.7 Å². The van der Waals surface area contributed by atoms with E-state index in [4.69, 9.17) is 0 Å². The molecule has 1 amide bonds. The number of aliphatic carboxylic acids is 1. The van der Waals surface area contributed by atoms with Crippen molar-refractivity contribution < 1.29 is 14.7 Å². The minimum Gasteiger partial charge on any atom is -0.550 e. The number of anilines is 1. The molecule has 1 heterocycles. The minimum atomic E-state index is -1.08. The molecule has 0 spiro atoms. The van der Waals surface area contributed by atoms with Crippen molar-refractivity contribution in [2.75, 3.05) is 5.32 Å². The summed E-state index contributed by atoms with van der Waals surface area (Å²) in [5.41, 5.74) is 0. The van der Waals surface area contributed by atoms with Gasteiger partial charge in [-0.25, -0.2) is 4.98 Å². The fourth-order valence-corrected chi connectivity index (χ4v) is 4.01. The number of amides is 1. The zero-order valence-corrected chi connectivity index (χ0v) is 10.5. The SMILES string of the molecule is O=C([O-])[C@H]1[C@H]2CC[C@H](C2)[C@@H]1C(=O)Nc1nccs1. The van der Waals surface area contributed by atoms with Gasteiger partial charge in [0.2, 0.25) is 5.91 Å². The number of thiazole rings is 1. The van der Waals surface area contributed by atoms with Gasteiger partial charge >= 0.3 is 0 Å². The van der Waals surface area contributed by atoms with Gasteiger partial charge in [-0.1, -0.05) is 0 Å². The molecule has 4 atom stereocenters. The van der Waals surface area contributed by atoms with Gasteiger partial charge in [-0.2, -0.15) is 0 Å². The molecule has 2 bridgehead atoms. The second kappa shape index (κ2) is 4.35. The average Bonchev–Trinajstić information content (AvgIpc) is 3.03. The number of nitrogens with one attached hydrogen (secondary N) is 1. The normalized spacial score (nSPS) is 33.6. The van der Waals surface area contributed by atoms with Crippen LogP contribution in [0, 0.1) is 23.7 Å². The Hall–Kier alpha value is -1.43. The molecule has 0 aliphatic heterocycles. The first-order valence-electron chi connectivity index (χ1n) is 6.08. The van der Waals surface area contributed by atoms with Gasteiger partial charge in [-0.3, -0.25) is 4.79 Å². The Morgan fingerprint density at radius 3 is 2.67 bits per heavy atom. The van der Waals surface area contributed by atoms with Crippen LogP contribution in [0.5, 0.6) is 0 Å². The number of carboxylic acids is 1. The number of carboxylic acid groups (broad SMARTS) is 1. The van der Waals surface area contributed by atoms with E-state index in [9.17, 15) is 14.7 Å². The molecular weight excluding hydrogens is 252 g/mol. The minimum absolute atomic E-state index is 0.118. The zero-order chi connectivity index (χ0) is 12.7. The molecule has 0 radical (unpaired) electrons. The summed E-state index contributed by atoms with van der Waals surface area (Å²) >= 11 is 1.33. The Labute approximate surface area is 108 Å². The quantitative estimate of drug-likeness (QED) is 0.862. The molecule has 2 saturated carbocycles. The van der Waals surface area contributed by atoms with E-state index in [1.807, 2.05) is 0 Å². The Morgan fingerprint density at radius 2 is 2.06 bits per heavy atom. The number of hydrogen-bond acceptors (Lipinski definition) is 5. The van der Waals surface area contributed by atoms with Crippen LogP contribution in [0.2, 0.25) is 0 Å². The second-order valence-corrected chi connectivity index (χ2v) is 5.92. The molecule has 3 rings (SSSR count). The van der Waals surface area contributed by atoms with Crippen molar-refractivity contribution in [2.24, 2.45) is 23.7 Å². The Bertz CT molecular complexity index is 474. The first kappa shape index (κ1) is 11.6. The first-order chi connectivity index (χ1) is 8.66. The predicted octanol–water partition coefficient (Wildman–Crippen LogP) is 0.494. The van der Waals surface area contributed by atoms with Crippen LogP contribution in [-0.4, -0.2) is 16.9 Å². The molecule has 96 valence electrons. The van der Waals surface area contributed by atoms with Gasteiger partial charge in [-0.05, 0) is 31.1 Å². The maximum absolute atomic E-state index is 12.2. The summed E-state index contributed by atoms with van der Waals surface area (Å²) < 4.78 is 0. The van der Waals surface area contributed by atoms with Crippen LogP contribution in [-0.2, 0) is 9.59 Å². The van der Waals surface area contributed by atoms with E-state index in [1.54, 1.807) is 11.6 Å². The topological polar surface area (TPSA) is 82.1 Å². The Kier molecular flexibility index (Phi) is 2.81. The highest BCUT2D eigenvalue weighted by atomic mass is 32.1. The van der Waals surface area contributed by atoms with Gasteiger partial charge < -0.3 is 15.2 Å². The average molecular weight is 265 g/mol. The molecule has 0 aromatic carbocycles. The summed E-state index contributed by atoms with van der Waals surface area (Å²) in [7, 11) is 0. The first-order valence-corrected chi connectivity index (χ1v) is 6.96. The maximum Gasteiger partial charge on any atom is 0.230 e. The number of carbonyl (C=O) groups excluding carboxylic acids is 2. The van der Waals surface area contributed by atoms with E-state index in [1.165, 1.54) is 11.3 Å². The van der Waals surface area contributed by atoms with Crippen LogP contribution in [0.1, 0.15) is 19.3 Å². The van der Waals surface area contributed by atoms with Crippen LogP contribution in [0.15, 0.2) is 11.6 Å². The second-order valence-electron chi connectivity index (χ2n) is 5.03. The molecule has 2 aliphatic carbocycles.